The van der Waals surface area contributed by atoms with Gasteiger partial charge in [0.05, 0.1) is 5.75 Å². The van der Waals surface area contributed by atoms with E-state index in [1.807, 2.05) is 13.8 Å². The Hall–Kier alpha value is -0.580. The van der Waals surface area contributed by atoms with E-state index < -0.39 is 10.0 Å². The summed E-state index contributed by atoms with van der Waals surface area (Å²) >= 11 is 5.72. The Kier molecular flexibility index (Phi) is 4.77. The summed E-state index contributed by atoms with van der Waals surface area (Å²) in [6.45, 7) is 4.39. The zero-order valence-corrected chi connectivity index (χ0v) is 11.0. The summed E-state index contributed by atoms with van der Waals surface area (Å²) in [6.07, 6.45) is 0. The van der Waals surface area contributed by atoms with Crippen LogP contribution < -0.4 is 4.72 Å². The topological polar surface area (TPSA) is 46.2 Å². The molecule has 0 saturated carbocycles. The minimum Gasteiger partial charge on any atom is -0.215 e. The first kappa shape index (κ1) is 13.5. The monoisotopic (exact) mass is 261 g/mol. The van der Waals surface area contributed by atoms with E-state index in [9.17, 15) is 8.42 Å². The number of rotatable bonds is 5. The summed E-state index contributed by atoms with van der Waals surface area (Å²) in [5, 5.41) is 0.608. The van der Waals surface area contributed by atoms with Gasteiger partial charge in [-0.15, -0.1) is 0 Å². The van der Waals surface area contributed by atoms with Gasteiger partial charge in [-0.2, -0.15) is 0 Å². The average Bonchev–Trinajstić information content (AvgIpc) is 2.19. The third-order valence-electron chi connectivity index (χ3n) is 1.98. The Morgan fingerprint density at radius 2 is 1.81 bits per heavy atom. The average molecular weight is 262 g/mol. The molecule has 1 N–H and O–H groups in total. The molecule has 0 atom stereocenters. The normalized spacial score (nSPS) is 12.0. The van der Waals surface area contributed by atoms with Gasteiger partial charge < -0.3 is 0 Å². The molecule has 0 aliphatic rings. The molecule has 5 heteroatoms. The summed E-state index contributed by atoms with van der Waals surface area (Å²) in [7, 11) is -3.24. The predicted molar refractivity (Wildman–Crippen MR) is 66.9 cm³/mol. The van der Waals surface area contributed by atoms with Crippen molar-refractivity contribution >= 4 is 21.6 Å². The molecule has 1 rings (SSSR count). The zero-order chi connectivity index (χ0) is 12.2. The molecule has 1 aromatic carbocycles. The minimum absolute atomic E-state index is 0.00309. The van der Waals surface area contributed by atoms with Gasteiger partial charge >= 0.3 is 0 Å². The van der Waals surface area contributed by atoms with Crippen molar-refractivity contribution < 1.29 is 8.42 Å². The lowest BCUT2D eigenvalue weighted by Gasteiger charge is -2.08. The van der Waals surface area contributed by atoms with E-state index in [0.717, 1.165) is 5.56 Å². The first-order valence-corrected chi connectivity index (χ1v) is 7.14. The molecule has 0 aromatic heterocycles. The second-order valence-electron chi connectivity index (χ2n) is 4.13. The summed E-state index contributed by atoms with van der Waals surface area (Å²) in [4.78, 5) is 0. The predicted octanol–water partition coefficient (Wildman–Crippen LogP) is 2.42. The molecule has 0 bridgehead atoms. The van der Waals surface area contributed by atoms with Gasteiger partial charge in [-0.1, -0.05) is 37.6 Å². The molecule has 3 nitrogen and oxygen atoms in total. The Morgan fingerprint density at radius 1 is 1.25 bits per heavy atom. The summed E-state index contributed by atoms with van der Waals surface area (Å²) < 4.78 is 25.9. The van der Waals surface area contributed by atoms with E-state index in [1.165, 1.54) is 0 Å². The van der Waals surface area contributed by atoms with Crippen molar-refractivity contribution in [3.8, 4) is 0 Å². The maximum atomic E-state index is 11.6. The smallest absolute Gasteiger partial charge is 0.215 e. The van der Waals surface area contributed by atoms with E-state index in [2.05, 4.69) is 4.72 Å². The number of benzene rings is 1. The van der Waals surface area contributed by atoms with Crippen LogP contribution in [0.25, 0.3) is 0 Å². The van der Waals surface area contributed by atoms with Gasteiger partial charge in [0.15, 0.2) is 0 Å². The van der Waals surface area contributed by atoms with Gasteiger partial charge in [-0.3, -0.25) is 0 Å². The number of hydrogen-bond donors (Lipinski definition) is 1. The van der Waals surface area contributed by atoms with Gasteiger partial charge in [0, 0.05) is 11.6 Å². The van der Waals surface area contributed by atoms with Gasteiger partial charge in [0.2, 0.25) is 10.0 Å². The Bertz CT molecular complexity index is 426. The van der Waals surface area contributed by atoms with Crippen molar-refractivity contribution in [2.45, 2.75) is 19.6 Å². The van der Waals surface area contributed by atoms with Crippen molar-refractivity contribution in [3.63, 3.8) is 0 Å². The maximum Gasteiger partial charge on any atom is 0.215 e. The van der Waals surface area contributed by atoms with E-state index in [0.29, 0.717) is 17.5 Å². The van der Waals surface area contributed by atoms with Crippen LogP contribution in [-0.4, -0.2) is 15.0 Å². The van der Waals surface area contributed by atoms with Crippen LogP contribution in [0.2, 0.25) is 5.02 Å². The van der Waals surface area contributed by atoms with Crippen LogP contribution in [0.5, 0.6) is 0 Å². The fourth-order valence-corrected chi connectivity index (χ4v) is 2.59. The van der Waals surface area contributed by atoms with E-state index >= 15 is 0 Å². The van der Waals surface area contributed by atoms with Gasteiger partial charge in [-0.05, 0) is 23.6 Å². The minimum atomic E-state index is -3.24. The molecule has 0 spiro atoms. The fourth-order valence-electron chi connectivity index (χ4n) is 1.14. The SMILES string of the molecule is CC(C)CNS(=O)(=O)Cc1ccc(Cl)cc1. The number of hydrogen-bond acceptors (Lipinski definition) is 2. The second-order valence-corrected chi connectivity index (χ2v) is 6.37. The highest BCUT2D eigenvalue weighted by molar-refractivity contribution is 7.88. The van der Waals surface area contributed by atoms with Crippen molar-refractivity contribution in [2.75, 3.05) is 6.54 Å². The van der Waals surface area contributed by atoms with Crippen molar-refractivity contribution in [1.82, 2.24) is 4.72 Å². The van der Waals surface area contributed by atoms with Crippen LogP contribution in [-0.2, 0) is 15.8 Å². The number of sulfonamides is 1. The molecule has 0 heterocycles. The van der Waals surface area contributed by atoms with E-state index in [1.54, 1.807) is 24.3 Å². The lowest BCUT2D eigenvalue weighted by molar-refractivity contribution is 0.559. The van der Waals surface area contributed by atoms with E-state index in [-0.39, 0.29) is 5.75 Å². The van der Waals surface area contributed by atoms with Gasteiger partial charge in [-0.25, -0.2) is 13.1 Å². The molecule has 1 aromatic rings. The van der Waals surface area contributed by atoms with Crippen LogP contribution in [0.4, 0.5) is 0 Å². The first-order chi connectivity index (χ1) is 7.39. The van der Waals surface area contributed by atoms with Crippen molar-refractivity contribution in [3.05, 3.63) is 34.9 Å². The molecule has 0 aliphatic carbocycles. The molecule has 0 fully saturated rings. The van der Waals surface area contributed by atoms with Crippen molar-refractivity contribution in [2.24, 2.45) is 5.92 Å². The fraction of sp³-hybridized carbons (Fsp3) is 0.455. The molecule has 0 unspecified atom stereocenters. The largest absolute Gasteiger partial charge is 0.215 e. The van der Waals surface area contributed by atoms with Crippen LogP contribution in [0.15, 0.2) is 24.3 Å². The zero-order valence-electron chi connectivity index (χ0n) is 9.40. The Labute approximate surface area is 102 Å². The molecular weight excluding hydrogens is 246 g/mol. The molecule has 0 radical (unpaired) electrons. The molecule has 16 heavy (non-hydrogen) atoms. The molecular formula is C11H16ClNO2S. The molecule has 0 saturated heterocycles. The first-order valence-electron chi connectivity index (χ1n) is 5.11. The standard InChI is InChI=1S/C11H16ClNO2S/c1-9(2)7-13-16(14,15)8-10-3-5-11(12)6-4-10/h3-6,9,13H,7-8H2,1-2H3. The third-order valence-corrected chi connectivity index (χ3v) is 3.55. The second kappa shape index (κ2) is 5.66. The highest BCUT2D eigenvalue weighted by atomic mass is 35.5. The van der Waals surface area contributed by atoms with Crippen molar-refractivity contribution in [1.29, 1.82) is 0 Å². The molecule has 0 aliphatic heterocycles. The van der Waals surface area contributed by atoms with Crippen LogP contribution in [0, 0.1) is 5.92 Å². The van der Waals surface area contributed by atoms with Crippen LogP contribution >= 0.6 is 11.6 Å². The highest BCUT2D eigenvalue weighted by Crippen LogP contribution is 2.11. The summed E-state index contributed by atoms with van der Waals surface area (Å²) in [5.41, 5.74) is 0.737. The molecule has 90 valence electrons. The maximum absolute atomic E-state index is 11.6. The highest BCUT2D eigenvalue weighted by Gasteiger charge is 2.11. The van der Waals surface area contributed by atoms with Gasteiger partial charge in [0.1, 0.15) is 0 Å². The van der Waals surface area contributed by atoms with Gasteiger partial charge in [0.25, 0.3) is 0 Å². The third kappa shape index (κ3) is 4.96. The Balaban J connectivity index is 2.62. The summed E-state index contributed by atoms with van der Waals surface area (Å²) in [5.74, 6) is 0.302. The van der Waals surface area contributed by atoms with Crippen LogP contribution in [0.1, 0.15) is 19.4 Å². The number of halogens is 1. The molecule has 0 amide bonds. The number of nitrogens with one attached hydrogen (secondary N) is 1. The quantitative estimate of drug-likeness (QED) is 0.885. The lowest BCUT2D eigenvalue weighted by Crippen LogP contribution is -2.28. The van der Waals surface area contributed by atoms with E-state index in [4.69, 9.17) is 11.6 Å². The lowest BCUT2D eigenvalue weighted by atomic mass is 10.2. The Morgan fingerprint density at radius 3 is 2.31 bits per heavy atom. The van der Waals surface area contributed by atoms with Crippen LogP contribution in [0.3, 0.4) is 0 Å². The summed E-state index contributed by atoms with van der Waals surface area (Å²) in [6, 6.07) is 6.82.